The van der Waals surface area contributed by atoms with Crippen LogP contribution in [0, 0.1) is 6.92 Å². The summed E-state index contributed by atoms with van der Waals surface area (Å²) in [6.07, 6.45) is 1.71. The van der Waals surface area contributed by atoms with Crippen LogP contribution in [-0.2, 0) is 11.2 Å². The Balaban J connectivity index is 1.61. The molecule has 0 unspecified atom stereocenters. The van der Waals surface area contributed by atoms with Crippen LogP contribution in [0.3, 0.4) is 0 Å². The van der Waals surface area contributed by atoms with Gasteiger partial charge < -0.3 is 14.8 Å². The van der Waals surface area contributed by atoms with Crippen LogP contribution >= 0.6 is 0 Å². The minimum Gasteiger partial charge on any atom is -0.496 e. The first-order chi connectivity index (χ1) is 11.7. The van der Waals surface area contributed by atoms with Gasteiger partial charge in [-0.1, -0.05) is 36.4 Å². The van der Waals surface area contributed by atoms with Crippen molar-refractivity contribution in [2.45, 2.75) is 19.8 Å². The fourth-order valence-electron chi connectivity index (χ4n) is 2.38. The predicted molar refractivity (Wildman–Crippen MR) is 95.6 cm³/mol. The molecule has 1 N–H and O–H groups in total. The zero-order chi connectivity index (χ0) is 17.2. The van der Waals surface area contributed by atoms with Crippen molar-refractivity contribution in [2.24, 2.45) is 0 Å². The lowest BCUT2D eigenvalue weighted by atomic mass is 10.1. The molecule has 0 fully saturated rings. The van der Waals surface area contributed by atoms with E-state index < -0.39 is 0 Å². The molecule has 0 saturated carbocycles. The topological polar surface area (TPSA) is 47.6 Å². The summed E-state index contributed by atoms with van der Waals surface area (Å²) in [6, 6.07) is 15.7. The van der Waals surface area contributed by atoms with E-state index >= 15 is 0 Å². The first kappa shape index (κ1) is 18.0. The maximum atomic E-state index is 12.1. The van der Waals surface area contributed by atoms with Crippen LogP contribution in [-0.4, -0.2) is 32.8 Å². The minimum atomic E-state index is -0.0856. The maximum Gasteiger partial charge on any atom is 0.251 e. The number of carbonyl (C=O) groups is 1. The second kappa shape index (κ2) is 9.73. The number of nitrogens with one attached hydrogen (secondary N) is 1. The highest BCUT2D eigenvalue weighted by Crippen LogP contribution is 2.18. The molecule has 24 heavy (non-hydrogen) atoms. The Bertz CT molecular complexity index is 641. The number of aryl methyl sites for hydroxylation is 1. The van der Waals surface area contributed by atoms with Crippen LogP contribution in [0.4, 0.5) is 0 Å². The summed E-state index contributed by atoms with van der Waals surface area (Å²) in [6.45, 7) is 3.89. The third-order valence-electron chi connectivity index (χ3n) is 3.80. The van der Waals surface area contributed by atoms with E-state index in [9.17, 15) is 4.79 Å². The van der Waals surface area contributed by atoms with Crippen LogP contribution in [0.15, 0.2) is 48.5 Å². The molecule has 0 bridgehead atoms. The van der Waals surface area contributed by atoms with Crippen molar-refractivity contribution in [3.05, 3.63) is 65.2 Å². The van der Waals surface area contributed by atoms with Gasteiger partial charge in [-0.2, -0.15) is 0 Å². The van der Waals surface area contributed by atoms with Crippen molar-refractivity contribution in [1.82, 2.24) is 5.32 Å². The second-order valence-corrected chi connectivity index (χ2v) is 5.64. The summed E-state index contributed by atoms with van der Waals surface area (Å²) in [5.74, 6) is 0.643. The average molecular weight is 327 g/mol. The van der Waals surface area contributed by atoms with Gasteiger partial charge in [0.15, 0.2) is 0 Å². The highest BCUT2D eigenvalue weighted by molar-refractivity contribution is 5.94. The molecule has 128 valence electrons. The van der Waals surface area contributed by atoms with Gasteiger partial charge in [-0.3, -0.25) is 4.79 Å². The smallest absolute Gasteiger partial charge is 0.251 e. The summed E-state index contributed by atoms with van der Waals surface area (Å²) in [5.41, 5.74) is 2.91. The van der Waals surface area contributed by atoms with Crippen molar-refractivity contribution < 1.29 is 14.3 Å². The monoisotopic (exact) mass is 327 g/mol. The lowest BCUT2D eigenvalue weighted by Gasteiger charge is -2.09. The van der Waals surface area contributed by atoms with E-state index in [0.29, 0.717) is 25.3 Å². The second-order valence-electron chi connectivity index (χ2n) is 5.64. The van der Waals surface area contributed by atoms with E-state index in [4.69, 9.17) is 9.47 Å². The Morgan fingerprint density at radius 3 is 2.62 bits per heavy atom. The zero-order valence-electron chi connectivity index (χ0n) is 14.4. The Hall–Kier alpha value is -2.33. The molecule has 0 saturated heterocycles. The van der Waals surface area contributed by atoms with Crippen LogP contribution in [0.2, 0.25) is 0 Å². The van der Waals surface area contributed by atoms with Crippen molar-refractivity contribution in [3.63, 3.8) is 0 Å². The average Bonchev–Trinajstić information content (AvgIpc) is 2.62. The predicted octanol–water partition coefficient (Wildman–Crippen LogP) is 3.38. The van der Waals surface area contributed by atoms with Gasteiger partial charge in [-0.15, -0.1) is 0 Å². The molecule has 4 nitrogen and oxygen atoms in total. The number of rotatable bonds is 9. The highest BCUT2D eigenvalue weighted by atomic mass is 16.5. The fourth-order valence-corrected chi connectivity index (χ4v) is 2.38. The van der Waals surface area contributed by atoms with Gasteiger partial charge in [0.2, 0.25) is 0 Å². The van der Waals surface area contributed by atoms with Crippen molar-refractivity contribution in [3.8, 4) is 5.75 Å². The normalized spacial score (nSPS) is 10.4. The molecule has 2 aromatic carbocycles. The van der Waals surface area contributed by atoms with Gasteiger partial charge in [-0.25, -0.2) is 0 Å². The minimum absolute atomic E-state index is 0.0856. The largest absolute Gasteiger partial charge is 0.496 e. The molecule has 1 amide bonds. The van der Waals surface area contributed by atoms with E-state index in [0.717, 1.165) is 24.2 Å². The first-order valence-corrected chi connectivity index (χ1v) is 8.25. The third kappa shape index (κ3) is 5.70. The van der Waals surface area contributed by atoms with Crippen molar-refractivity contribution in [1.29, 1.82) is 0 Å². The number of amides is 1. The maximum absolute atomic E-state index is 12.1. The van der Waals surface area contributed by atoms with E-state index in [1.54, 1.807) is 13.2 Å². The Kier molecular flexibility index (Phi) is 7.30. The molecule has 2 rings (SSSR count). The molecular formula is C20H25NO3. The van der Waals surface area contributed by atoms with Gasteiger partial charge >= 0.3 is 0 Å². The van der Waals surface area contributed by atoms with E-state index in [1.807, 2.05) is 37.3 Å². The molecule has 0 heterocycles. The fraction of sp³-hybridized carbons (Fsp3) is 0.350. The zero-order valence-corrected chi connectivity index (χ0v) is 14.4. The van der Waals surface area contributed by atoms with Crippen LogP contribution in [0.1, 0.15) is 27.9 Å². The first-order valence-electron chi connectivity index (χ1n) is 8.25. The molecule has 2 aromatic rings. The number of ether oxygens (including phenoxy) is 2. The van der Waals surface area contributed by atoms with Crippen molar-refractivity contribution in [2.75, 3.05) is 26.9 Å². The molecule has 4 heteroatoms. The number of carbonyl (C=O) groups excluding carboxylic acids is 1. The highest BCUT2D eigenvalue weighted by Gasteiger charge is 2.07. The van der Waals surface area contributed by atoms with Crippen LogP contribution < -0.4 is 10.1 Å². The standard InChI is InChI=1S/C20H25NO3/c1-16-9-10-18(15-19(16)23-2)20(22)21-12-6-13-24-14-11-17-7-4-3-5-8-17/h3-5,7-10,15H,6,11-14H2,1-2H3,(H,21,22). The molecule has 0 aliphatic heterocycles. The quantitative estimate of drug-likeness (QED) is 0.718. The van der Waals surface area contributed by atoms with Gasteiger partial charge in [0, 0.05) is 18.7 Å². The van der Waals surface area contributed by atoms with Gasteiger partial charge in [0.05, 0.1) is 13.7 Å². The molecule has 0 aliphatic rings. The lowest BCUT2D eigenvalue weighted by Crippen LogP contribution is -2.25. The number of hydrogen-bond acceptors (Lipinski definition) is 3. The lowest BCUT2D eigenvalue weighted by molar-refractivity contribution is 0.0942. The molecule has 0 aliphatic carbocycles. The molecule has 0 spiro atoms. The summed E-state index contributed by atoms with van der Waals surface area (Å²) in [4.78, 5) is 12.1. The molecular weight excluding hydrogens is 302 g/mol. The Labute approximate surface area is 143 Å². The molecule has 0 radical (unpaired) electrons. The SMILES string of the molecule is COc1cc(C(=O)NCCCOCCc2ccccc2)ccc1C. The molecule has 0 atom stereocenters. The number of methoxy groups -OCH3 is 1. The third-order valence-corrected chi connectivity index (χ3v) is 3.80. The number of benzene rings is 2. The van der Waals surface area contributed by atoms with Gasteiger partial charge in [-0.05, 0) is 43.0 Å². The Morgan fingerprint density at radius 1 is 1.08 bits per heavy atom. The van der Waals surface area contributed by atoms with E-state index in [2.05, 4.69) is 17.4 Å². The van der Waals surface area contributed by atoms with Crippen molar-refractivity contribution >= 4 is 5.91 Å². The van der Waals surface area contributed by atoms with Gasteiger partial charge in [0.25, 0.3) is 5.91 Å². The number of hydrogen-bond donors (Lipinski definition) is 1. The summed E-state index contributed by atoms with van der Waals surface area (Å²) < 4.78 is 10.8. The summed E-state index contributed by atoms with van der Waals surface area (Å²) >= 11 is 0. The van der Waals surface area contributed by atoms with Crippen LogP contribution in [0.25, 0.3) is 0 Å². The van der Waals surface area contributed by atoms with E-state index in [1.165, 1.54) is 5.56 Å². The van der Waals surface area contributed by atoms with Crippen LogP contribution in [0.5, 0.6) is 5.75 Å². The summed E-state index contributed by atoms with van der Waals surface area (Å²) in [7, 11) is 1.61. The Morgan fingerprint density at radius 2 is 1.88 bits per heavy atom. The van der Waals surface area contributed by atoms with E-state index in [-0.39, 0.29) is 5.91 Å². The summed E-state index contributed by atoms with van der Waals surface area (Å²) in [5, 5.41) is 2.90. The molecule has 0 aromatic heterocycles. The van der Waals surface area contributed by atoms with Gasteiger partial charge in [0.1, 0.15) is 5.75 Å².